The third-order valence-electron chi connectivity index (χ3n) is 4.28. The highest BCUT2D eigenvalue weighted by atomic mass is 32.2. The number of hydrogen-bond acceptors (Lipinski definition) is 7. The molecule has 0 bridgehead atoms. The van der Waals surface area contributed by atoms with Crippen LogP contribution < -0.4 is 20.3 Å². The lowest BCUT2D eigenvalue weighted by Crippen LogP contribution is -2.31. The van der Waals surface area contributed by atoms with E-state index in [4.69, 9.17) is 9.47 Å². The maximum atomic E-state index is 12.7. The van der Waals surface area contributed by atoms with Crippen molar-refractivity contribution in [1.29, 1.82) is 0 Å². The Kier molecular flexibility index (Phi) is 5.59. The zero-order valence-electron chi connectivity index (χ0n) is 15.3. The lowest BCUT2D eigenvalue weighted by molar-refractivity contribution is -0.116. The monoisotopic (exact) mass is 391 g/mol. The highest BCUT2D eigenvalue weighted by Crippen LogP contribution is 2.42. The van der Waals surface area contributed by atoms with E-state index >= 15 is 0 Å². The second kappa shape index (κ2) is 7.91. The van der Waals surface area contributed by atoms with E-state index in [-0.39, 0.29) is 41.0 Å². The zero-order chi connectivity index (χ0) is 19.6. The molecule has 1 aromatic carbocycles. The number of carbonyl (C=O) groups excluding carboxylic acids is 1. The zero-order valence-corrected chi connectivity index (χ0v) is 16.1. The predicted molar refractivity (Wildman–Crippen MR) is 102 cm³/mol. The molecule has 1 atom stereocenters. The second-order valence-corrected chi connectivity index (χ2v) is 7.14. The number of nitrogens with zero attached hydrogens (tertiary/aromatic N) is 1. The van der Waals surface area contributed by atoms with Crippen LogP contribution in [0.15, 0.2) is 22.1 Å². The molecule has 8 nitrogen and oxygen atoms in total. The largest absolute Gasteiger partial charge is 0.502 e. The van der Waals surface area contributed by atoms with Gasteiger partial charge in [0.15, 0.2) is 16.7 Å². The number of nitrogens with one attached hydrogen (secondary N) is 2. The summed E-state index contributed by atoms with van der Waals surface area (Å²) in [7, 11) is 2.84. The molecule has 3 rings (SSSR count). The van der Waals surface area contributed by atoms with Gasteiger partial charge in [-0.2, -0.15) is 0 Å². The van der Waals surface area contributed by atoms with Gasteiger partial charge in [0.2, 0.25) is 11.7 Å². The van der Waals surface area contributed by atoms with Gasteiger partial charge in [-0.05, 0) is 24.1 Å². The van der Waals surface area contributed by atoms with Crippen LogP contribution >= 0.6 is 11.8 Å². The average Bonchev–Trinajstić information content (AvgIpc) is 2.65. The first-order valence-corrected chi connectivity index (χ1v) is 9.48. The molecule has 1 aliphatic heterocycles. The first-order valence-electron chi connectivity index (χ1n) is 8.50. The Hall–Kier alpha value is -2.68. The van der Waals surface area contributed by atoms with Crippen LogP contribution in [0.25, 0.3) is 0 Å². The molecule has 2 heterocycles. The lowest BCUT2D eigenvalue weighted by atomic mass is 9.86. The van der Waals surface area contributed by atoms with Crippen LogP contribution in [0, 0.1) is 0 Å². The van der Waals surface area contributed by atoms with Gasteiger partial charge >= 0.3 is 0 Å². The summed E-state index contributed by atoms with van der Waals surface area (Å²) >= 11 is 1.43. The average molecular weight is 391 g/mol. The lowest BCUT2D eigenvalue weighted by Gasteiger charge is -2.25. The van der Waals surface area contributed by atoms with E-state index in [1.165, 1.54) is 26.0 Å². The first kappa shape index (κ1) is 19.1. The molecule has 0 saturated carbocycles. The molecule has 3 N–H and O–H groups in total. The number of hydrogen-bond donors (Lipinski definition) is 3. The van der Waals surface area contributed by atoms with E-state index in [1.54, 1.807) is 12.1 Å². The van der Waals surface area contributed by atoms with Crippen LogP contribution in [0.4, 0.5) is 5.82 Å². The number of H-pyrrole nitrogens is 1. The summed E-state index contributed by atoms with van der Waals surface area (Å²) in [5, 5.41) is 13.3. The van der Waals surface area contributed by atoms with Gasteiger partial charge < -0.3 is 24.9 Å². The van der Waals surface area contributed by atoms with Crippen molar-refractivity contribution in [3.05, 3.63) is 33.6 Å². The molecule has 0 fully saturated rings. The standard InChI is InChI=1S/C18H21N3O5S/c1-4-5-27-18-20-16-14(17(24)21-18)10(8-13(22)19-16)9-6-11(25-2)15(23)12(7-9)26-3/h6-7,10,23H,4-5,8H2,1-3H3,(H2,19,20,21,22,24)/t10-/m1/s1. The van der Waals surface area contributed by atoms with Crippen molar-refractivity contribution in [3.63, 3.8) is 0 Å². The Morgan fingerprint density at radius 1 is 1.26 bits per heavy atom. The van der Waals surface area contributed by atoms with E-state index in [0.717, 1.165) is 12.2 Å². The fourth-order valence-corrected chi connectivity index (χ4v) is 3.74. The number of amides is 1. The van der Waals surface area contributed by atoms with Gasteiger partial charge in [0.05, 0.1) is 19.8 Å². The molecule has 2 aromatic rings. The molecule has 1 aliphatic rings. The summed E-state index contributed by atoms with van der Waals surface area (Å²) in [6, 6.07) is 3.20. The number of methoxy groups -OCH3 is 2. The van der Waals surface area contributed by atoms with Crippen LogP contribution in [0.3, 0.4) is 0 Å². The number of aromatic hydroxyl groups is 1. The van der Waals surface area contributed by atoms with Gasteiger partial charge in [0.1, 0.15) is 5.82 Å². The van der Waals surface area contributed by atoms with Crippen molar-refractivity contribution in [2.45, 2.75) is 30.8 Å². The molecule has 0 aliphatic carbocycles. The minimum absolute atomic E-state index is 0.0797. The van der Waals surface area contributed by atoms with E-state index < -0.39 is 5.92 Å². The van der Waals surface area contributed by atoms with Crippen LogP contribution in [0.1, 0.15) is 36.8 Å². The maximum absolute atomic E-state index is 12.7. The summed E-state index contributed by atoms with van der Waals surface area (Å²) in [6.07, 6.45) is 1.02. The predicted octanol–water partition coefficient (Wildman–Crippen LogP) is 2.47. The van der Waals surface area contributed by atoms with Gasteiger partial charge in [0, 0.05) is 18.1 Å². The number of benzene rings is 1. The van der Waals surface area contributed by atoms with Crippen molar-refractivity contribution < 1.29 is 19.4 Å². The number of rotatable bonds is 6. The second-order valence-electron chi connectivity index (χ2n) is 6.06. The number of carbonyl (C=O) groups is 1. The first-order chi connectivity index (χ1) is 13.0. The van der Waals surface area contributed by atoms with E-state index in [2.05, 4.69) is 15.3 Å². The number of ether oxygens (including phenoxy) is 2. The highest BCUT2D eigenvalue weighted by Gasteiger charge is 2.32. The molecular formula is C18H21N3O5S. The fourth-order valence-electron chi connectivity index (χ4n) is 3.02. The summed E-state index contributed by atoms with van der Waals surface area (Å²) in [5.41, 5.74) is 0.707. The molecule has 0 saturated heterocycles. The summed E-state index contributed by atoms with van der Waals surface area (Å²) < 4.78 is 10.4. The van der Waals surface area contributed by atoms with Gasteiger partial charge in [0.25, 0.3) is 5.56 Å². The highest BCUT2D eigenvalue weighted by molar-refractivity contribution is 7.99. The van der Waals surface area contributed by atoms with Crippen molar-refractivity contribution >= 4 is 23.5 Å². The molecule has 0 spiro atoms. The smallest absolute Gasteiger partial charge is 0.257 e. The summed E-state index contributed by atoms with van der Waals surface area (Å²) in [6.45, 7) is 2.03. The van der Waals surface area contributed by atoms with Crippen LogP contribution in [0.2, 0.25) is 0 Å². The van der Waals surface area contributed by atoms with Crippen molar-refractivity contribution in [2.75, 3.05) is 25.3 Å². The molecule has 0 unspecified atom stereocenters. The third-order valence-corrected chi connectivity index (χ3v) is 5.36. The fraction of sp³-hybridized carbons (Fsp3) is 0.389. The Morgan fingerprint density at radius 2 is 1.93 bits per heavy atom. The number of phenols is 1. The summed E-state index contributed by atoms with van der Waals surface area (Å²) in [4.78, 5) is 32.2. The number of thioether (sulfide) groups is 1. The molecule has 9 heteroatoms. The molecule has 1 amide bonds. The Balaban J connectivity index is 2.12. The van der Waals surface area contributed by atoms with E-state index in [0.29, 0.717) is 16.3 Å². The number of aromatic amines is 1. The SMILES string of the molecule is CCCSc1nc2c(c(=O)[nH]1)[C@@H](c1cc(OC)c(O)c(OC)c1)CC(=O)N2. The number of fused-ring (bicyclic) bond motifs is 1. The van der Waals surface area contributed by atoms with Crippen molar-refractivity contribution in [2.24, 2.45) is 0 Å². The molecule has 144 valence electrons. The molecular weight excluding hydrogens is 370 g/mol. The maximum Gasteiger partial charge on any atom is 0.257 e. The topological polar surface area (TPSA) is 114 Å². The number of aromatic nitrogens is 2. The Bertz CT molecular complexity index is 903. The minimum Gasteiger partial charge on any atom is -0.502 e. The van der Waals surface area contributed by atoms with Gasteiger partial charge in [-0.25, -0.2) is 4.98 Å². The van der Waals surface area contributed by atoms with Crippen molar-refractivity contribution in [3.8, 4) is 17.2 Å². The molecule has 27 heavy (non-hydrogen) atoms. The van der Waals surface area contributed by atoms with Crippen LogP contribution in [0.5, 0.6) is 17.2 Å². The van der Waals surface area contributed by atoms with Gasteiger partial charge in [-0.15, -0.1) is 0 Å². The Labute approximate surface area is 160 Å². The molecule has 0 radical (unpaired) electrons. The van der Waals surface area contributed by atoms with E-state index in [9.17, 15) is 14.7 Å². The Morgan fingerprint density at radius 3 is 2.52 bits per heavy atom. The minimum atomic E-state index is -0.529. The van der Waals surface area contributed by atoms with Crippen molar-refractivity contribution in [1.82, 2.24) is 9.97 Å². The van der Waals surface area contributed by atoms with Crippen LogP contribution in [-0.4, -0.2) is 41.0 Å². The third kappa shape index (κ3) is 3.73. The quantitative estimate of drug-likeness (QED) is 0.512. The van der Waals surface area contributed by atoms with Gasteiger partial charge in [-0.1, -0.05) is 18.7 Å². The van der Waals surface area contributed by atoms with Crippen LogP contribution in [-0.2, 0) is 4.79 Å². The normalized spacial score (nSPS) is 15.8. The number of phenolic OH excluding ortho intramolecular Hbond substituents is 1. The number of anilines is 1. The summed E-state index contributed by atoms with van der Waals surface area (Å²) in [5.74, 6) is 0.590. The van der Waals surface area contributed by atoms with E-state index in [1.807, 2.05) is 6.92 Å². The van der Waals surface area contributed by atoms with Gasteiger partial charge in [-0.3, -0.25) is 9.59 Å². The molecule has 1 aromatic heterocycles.